The van der Waals surface area contributed by atoms with Gasteiger partial charge < -0.3 is 11.1 Å². The first-order valence-electron chi connectivity index (χ1n) is 6.54. The fraction of sp³-hybridized carbons (Fsp3) is 0.200. The SMILES string of the molecule is CCc1ccc(NC(=O)c2cc(C(F)(F)F)ccn2)cc1N. The second kappa shape index (κ2) is 6.05. The molecule has 116 valence electrons. The minimum Gasteiger partial charge on any atom is -0.398 e. The van der Waals surface area contributed by atoms with Gasteiger partial charge in [-0.2, -0.15) is 13.2 Å². The third-order valence-electron chi connectivity index (χ3n) is 3.10. The Bertz CT molecular complexity index is 699. The van der Waals surface area contributed by atoms with Gasteiger partial charge in [-0.05, 0) is 36.2 Å². The number of carbonyl (C=O) groups excluding carboxylic acids is 1. The van der Waals surface area contributed by atoms with Crippen LogP contribution >= 0.6 is 0 Å². The standard InChI is InChI=1S/C15H14F3N3O/c1-2-9-3-4-11(8-12(9)19)21-14(22)13-7-10(5-6-20-13)15(16,17)18/h3-8H,2,19H2,1H3,(H,21,22). The molecule has 0 unspecified atom stereocenters. The van der Waals surface area contributed by atoms with Crippen LogP contribution < -0.4 is 11.1 Å². The summed E-state index contributed by atoms with van der Waals surface area (Å²) in [6, 6.07) is 6.47. The Morgan fingerprint density at radius 2 is 2.00 bits per heavy atom. The Morgan fingerprint density at radius 3 is 2.59 bits per heavy atom. The maximum Gasteiger partial charge on any atom is 0.416 e. The molecule has 3 N–H and O–H groups in total. The summed E-state index contributed by atoms with van der Waals surface area (Å²) in [5.74, 6) is -0.727. The average molecular weight is 309 g/mol. The summed E-state index contributed by atoms with van der Waals surface area (Å²) in [6.45, 7) is 1.94. The highest BCUT2D eigenvalue weighted by atomic mass is 19.4. The molecule has 2 rings (SSSR count). The number of nitrogens with two attached hydrogens (primary N) is 1. The zero-order chi connectivity index (χ0) is 16.3. The molecule has 0 saturated carbocycles. The van der Waals surface area contributed by atoms with Crippen molar-refractivity contribution in [2.45, 2.75) is 19.5 Å². The molecule has 0 aliphatic rings. The van der Waals surface area contributed by atoms with Crippen molar-refractivity contribution in [1.29, 1.82) is 0 Å². The Kier molecular flexibility index (Phi) is 4.35. The zero-order valence-corrected chi connectivity index (χ0v) is 11.7. The van der Waals surface area contributed by atoms with Crippen molar-refractivity contribution < 1.29 is 18.0 Å². The van der Waals surface area contributed by atoms with E-state index in [-0.39, 0.29) is 5.69 Å². The molecule has 0 bridgehead atoms. The van der Waals surface area contributed by atoms with Crippen LogP contribution in [-0.2, 0) is 12.6 Å². The molecule has 0 atom stereocenters. The van der Waals surface area contributed by atoms with E-state index in [0.29, 0.717) is 17.4 Å². The van der Waals surface area contributed by atoms with Gasteiger partial charge in [-0.25, -0.2) is 0 Å². The number of nitrogen functional groups attached to an aromatic ring is 1. The molecule has 0 spiro atoms. The van der Waals surface area contributed by atoms with E-state index in [1.165, 1.54) is 0 Å². The number of benzene rings is 1. The van der Waals surface area contributed by atoms with Crippen molar-refractivity contribution in [2.24, 2.45) is 0 Å². The highest BCUT2D eigenvalue weighted by Gasteiger charge is 2.31. The van der Waals surface area contributed by atoms with Gasteiger partial charge in [0, 0.05) is 17.6 Å². The second-order valence-corrected chi connectivity index (χ2v) is 4.65. The summed E-state index contributed by atoms with van der Waals surface area (Å²) < 4.78 is 37.9. The van der Waals surface area contributed by atoms with E-state index in [0.717, 1.165) is 24.2 Å². The first-order chi connectivity index (χ1) is 10.3. The van der Waals surface area contributed by atoms with Crippen LogP contribution in [0.5, 0.6) is 0 Å². The van der Waals surface area contributed by atoms with E-state index in [1.54, 1.807) is 18.2 Å². The van der Waals surface area contributed by atoms with Crippen LogP contribution in [-0.4, -0.2) is 10.9 Å². The van der Waals surface area contributed by atoms with E-state index < -0.39 is 17.6 Å². The number of aromatic nitrogens is 1. The molecule has 1 aromatic carbocycles. The van der Waals surface area contributed by atoms with Crippen LogP contribution in [0.3, 0.4) is 0 Å². The zero-order valence-electron chi connectivity index (χ0n) is 11.7. The highest BCUT2D eigenvalue weighted by Crippen LogP contribution is 2.29. The molecule has 2 aromatic rings. The lowest BCUT2D eigenvalue weighted by Gasteiger charge is -2.10. The van der Waals surface area contributed by atoms with Gasteiger partial charge in [-0.15, -0.1) is 0 Å². The summed E-state index contributed by atoms with van der Waals surface area (Å²) in [5, 5.41) is 2.48. The molecule has 1 aromatic heterocycles. The Hall–Kier alpha value is -2.57. The van der Waals surface area contributed by atoms with E-state index >= 15 is 0 Å². The molecule has 1 heterocycles. The number of rotatable bonds is 3. The number of alkyl halides is 3. The first kappa shape index (κ1) is 15.8. The number of pyridine rings is 1. The van der Waals surface area contributed by atoms with Crippen molar-refractivity contribution in [3.63, 3.8) is 0 Å². The van der Waals surface area contributed by atoms with E-state index in [4.69, 9.17) is 5.73 Å². The number of hydrogen-bond acceptors (Lipinski definition) is 3. The number of aryl methyl sites for hydroxylation is 1. The number of nitrogens with one attached hydrogen (secondary N) is 1. The monoisotopic (exact) mass is 309 g/mol. The molecule has 1 amide bonds. The van der Waals surface area contributed by atoms with Gasteiger partial charge in [-0.3, -0.25) is 9.78 Å². The highest BCUT2D eigenvalue weighted by molar-refractivity contribution is 6.03. The normalized spacial score (nSPS) is 11.3. The minimum atomic E-state index is -4.52. The van der Waals surface area contributed by atoms with Gasteiger partial charge in [0.25, 0.3) is 5.91 Å². The summed E-state index contributed by atoms with van der Waals surface area (Å²) in [5.41, 5.74) is 6.42. The maximum atomic E-state index is 12.6. The average Bonchev–Trinajstić information content (AvgIpc) is 2.46. The van der Waals surface area contributed by atoms with Crippen molar-refractivity contribution in [2.75, 3.05) is 11.1 Å². The number of anilines is 2. The number of halogens is 3. The van der Waals surface area contributed by atoms with Crippen molar-refractivity contribution in [3.05, 3.63) is 53.3 Å². The predicted molar refractivity (Wildman–Crippen MR) is 77.4 cm³/mol. The largest absolute Gasteiger partial charge is 0.416 e. The number of hydrogen-bond donors (Lipinski definition) is 2. The fourth-order valence-electron chi connectivity index (χ4n) is 1.92. The molecule has 4 nitrogen and oxygen atoms in total. The summed E-state index contributed by atoms with van der Waals surface area (Å²) in [4.78, 5) is 15.6. The van der Waals surface area contributed by atoms with Crippen LogP contribution in [0.4, 0.5) is 24.5 Å². The second-order valence-electron chi connectivity index (χ2n) is 4.65. The molecule has 0 aliphatic carbocycles. The Balaban J connectivity index is 2.21. The van der Waals surface area contributed by atoms with Gasteiger partial charge >= 0.3 is 6.18 Å². The first-order valence-corrected chi connectivity index (χ1v) is 6.54. The van der Waals surface area contributed by atoms with Gasteiger partial charge in [0.1, 0.15) is 5.69 Å². The van der Waals surface area contributed by atoms with Crippen molar-refractivity contribution in [1.82, 2.24) is 4.98 Å². The topological polar surface area (TPSA) is 68.0 Å². The number of nitrogens with zero attached hydrogens (tertiary/aromatic N) is 1. The van der Waals surface area contributed by atoms with Crippen LogP contribution in [0, 0.1) is 0 Å². The molecule has 0 aliphatic heterocycles. The molecular weight excluding hydrogens is 295 g/mol. The maximum absolute atomic E-state index is 12.6. The smallest absolute Gasteiger partial charge is 0.398 e. The Labute approximate surface area is 125 Å². The molecule has 22 heavy (non-hydrogen) atoms. The summed E-state index contributed by atoms with van der Waals surface area (Å²) >= 11 is 0. The lowest BCUT2D eigenvalue weighted by atomic mass is 10.1. The van der Waals surface area contributed by atoms with Crippen molar-refractivity contribution in [3.8, 4) is 0 Å². The molecular formula is C15H14F3N3O. The fourth-order valence-corrected chi connectivity index (χ4v) is 1.92. The molecule has 0 radical (unpaired) electrons. The predicted octanol–water partition coefficient (Wildman–Crippen LogP) is 3.50. The van der Waals surface area contributed by atoms with Crippen molar-refractivity contribution >= 4 is 17.3 Å². The minimum absolute atomic E-state index is 0.312. The summed E-state index contributed by atoms with van der Waals surface area (Å²) in [7, 11) is 0. The van der Waals surface area contributed by atoms with E-state index in [2.05, 4.69) is 10.3 Å². The third-order valence-corrected chi connectivity index (χ3v) is 3.10. The van der Waals surface area contributed by atoms with Crippen LogP contribution in [0.2, 0.25) is 0 Å². The molecule has 0 saturated heterocycles. The van der Waals surface area contributed by atoms with Crippen LogP contribution in [0.15, 0.2) is 36.5 Å². The van der Waals surface area contributed by atoms with E-state index in [1.807, 2.05) is 6.92 Å². The number of carbonyl (C=O) groups is 1. The summed E-state index contributed by atoms with van der Waals surface area (Å²) in [6.07, 6.45) is -2.83. The lowest BCUT2D eigenvalue weighted by molar-refractivity contribution is -0.137. The van der Waals surface area contributed by atoms with Crippen LogP contribution in [0.1, 0.15) is 28.5 Å². The molecule has 0 fully saturated rings. The van der Waals surface area contributed by atoms with E-state index in [9.17, 15) is 18.0 Å². The molecule has 7 heteroatoms. The quantitative estimate of drug-likeness (QED) is 0.853. The van der Waals surface area contributed by atoms with Crippen LogP contribution in [0.25, 0.3) is 0 Å². The lowest BCUT2D eigenvalue weighted by Crippen LogP contribution is -2.16. The third kappa shape index (κ3) is 3.55. The number of amides is 1. The van der Waals surface area contributed by atoms with Gasteiger partial charge in [0.15, 0.2) is 0 Å². The van der Waals surface area contributed by atoms with Gasteiger partial charge in [0.05, 0.1) is 5.56 Å². The van der Waals surface area contributed by atoms with Gasteiger partial charge in [-0.1, -0.05) is 13.0 Å². The Morgan fingerprint density at radius 1 is 1.27 bits per heavy atom. The van der Waals surface area contributed by atoms with Gasteiger partial charge in [0.2, 0.25) is 0 Å².